The Bertz CT molecular complexity index is 517. The molecule has 0 spiro atoms. The average molecular weight is 309 g/mol. The highest BCUT2D eigenvalue weighted by atomic mass is 79.9. The number of aliphatic hydroxyl groups is 1. The van der Waals surface area contributed by atoms with E-state index in [1.54, 1.807) is 6.20 Å². The summed E-state index contributed by atoms with van der Waals surface area (Å²) in [4.78, 5) is 0. The number of hydrogen-bond donors (Lipinski definition) is 1. The van der Waals surface area contributed by atoms with Crippen LogP contribution in [0.15, 0.2) is 34.9 Å². The number of nitrogens with zero attached hydrogens (tertiary/aromatic N) is 2. The summed E-state index contributed by atoms with van der Waals surface area (Å²) < 4.78 is 3.05. The van der Waals surface area contributed by atoms with E-state index in [2.05, 4.69) is 47.0 Å². The maximum absolute atomic E-state index is 9.32. The lowest BCUT2D eigenvalue weighted by atomic mass is 10.1. The standard InChI is InChI=1S/C14H17BrN2O/c1-10(2)14-12(9-18)7-16-17(14)8-11-3-5-13(15)6-4-11/h3-7,10,18H,8-9H2,1-2H3. The Labute approximate surface area is 116 Å². The van der Waals surface area contributed by atoms with Gasteiger partial charge in [0, 0.05) is 15.7 Å². The number of halogens is 1. The summed E-state index contributed by atoms with van der Waals surface area (Å²) in [5.41, 5.74) is 3.23. The fraction of sp³-hybridized carbons (Fsp3) is 0.357. The van der Waals surface area contributed by atoms with Crippen LogP contribution in [0, 0.1) is 0 Å². The van der Waals surface area contributed by atoms with E-state index in [9.17, 15) is 5.11 Å². The number of aliphatic hydroxyl groups excluding tert-OH is 1. The van der Waals surface area contributed by atoms with Crippen molar-refractivity contribution in [3.05, 3.63) is 51.8 Å². The lowest BCUT2D eigenvalue weighted by molar-refractivity contribution is 0.279. The smallest absolute Gasteiger partial charge is 0.0715 e. The van der Waals surface area contributed by atoms with Gasteiger partial charge in [0.1, 0.15) is 0 Å². The van der Waals surface area contributed by atoms with Gasteiger partial charge in [-0.15, -0.1) is 0 Å². The van der Waals surface area contributed by atoms with Crippen LogP contribution in [-0.2, 0) is 13.2 Å². The normalized spacial score (nSPS) is 11.2. The summed E-state index contributed by atoms with van der Waals surface area (Å²) in [5.74, 6) is 0.352. The predicted octanol–water partition coefficient (Wildman–Crippen LogP) is 3.31. The summed E-state index contributed by atoms with van der Waals surface area (Å²) in [6.45, 7) is 5.02. The van der Waals surface area contributed by atoms with Gasteiger partial charge in [0.05, 0.1) is 19.3 Å². The first-order valence-electron chi connectivity index (χ1n) is 6.01. The van der Waals surface area contributed by atoms with E-state index in [4.69, 9.17) is 0 Å². The molecule has 0 aliphatic rings. The van der Waals surface area contributed by atoms with Crippen molar-refractivity contribution in [1.82, 2.24) is 9.78 Å². The van der Waals surface area contributed by atoms with Gasteiger partial charge < -0.3 is 5.11 Å². The molecule has 2 aromatic rings. The second kappa shape index (κ2) is 5.67. The van der Waals surface area contributed by atoms with Crippen molar-refractivity contribution in [1.29, 1.82) is 0 Å². The second-order valence-corrected chi connectivity index (χ2v) is 5.57. The topological polar surface area (TPSA) is 38.1 Å². The lowest BCUT2D eigenvalue weighted by Crippen LogP contribution is -2.08. The van der Waals surface area contributed by atoms with Crippen molar-refractivity contribution in [2.45, 2.75) is 32.9 Å². The van der Waals surface area contributed by atoms with E-state index in [1.807, 2.05) is 16.8 Å². The molecule has 0 saturated heterocycles. The van der Waals surface area contributed by atoms with Crippen LogP contribution in [0.2, 0.25) is 0 Å². The number of rotatable bonds is 4. The highest BCUT2D eigenvalue weighted by Crippen LogP contribution is 2.21. The molecule has 0 bridgehead atoms. The third-order valence-corrected chi connectivity index (χ3v) is 3.45. The van der Waals surface area contributed by atoms with Crippen molar-refractivity contribution in [2.24, 2.45) is 0 Å². The van der Waals surface area contributed by atoms with Crippen LogP contribution in [0.5, 0.6) is 0 Å². The molecule has 0 fully saturated rings. The van der Waals surface area contributed by atoms with Crippen molar-refractivity contribution in [3.8, 4) is 0 Å². The molecule has 0 atom stereocenters. The van der Waals surface area contributed by atoms with Gasteiger partial charge in [-0.05, 0) is 23.6 Å². The van der Waals surface area contributed by atoms with Gasteiger partial charge in [-0.2, -0.15) is 5.10 Å². The fourth-order valence-electron chi connectivity index (χ4n) is 2.11. The van der Waals surface area contributed by atoms with Crippen molar-refractivity contribution >= 4 is 15.9 Å². The Hall–Kier alpha value is -1.13. The Morgan fingerprint density at radius 2 is 1.94 bits per heavy atom. The van der Waals surface area contributed by atoms with Gasteiger partial charge in [0.25, 0.3) is 0 Å². The monoisotopic (exact) mass is 308 g/mol. The largest absolute Gasteiger partial charge is 0.392 e. The van der Waals surface area contributed by atoms with Crippen LogP contribution < -0.4 is 0 Å². The van der Waals surface area contributed by atoms with Gasteiger partial charge in [0.2, 0.25) is 0 Å². The maximum atomic E-state index is 9.32. The summed E-state index contributed by atoms with van der Waals surface area (Å²) in [5, 5.41) is 13.7. The van der Waals surface area contributed by atoms with Crippen molar-refractivity contribution in [2.75, 3.05) is 0 Å². The van der Waals surface area contributed by atoms with Gasteiger partial charge in [-0.25, -0.2) is 0 Å². The minimum absolute atomic E-state index is 0.0495. The molecule has 0 amide bonds. The van der Waals surface area contributed by atoms with E-state index >= 15 is 0 Å². The molecule has 0 radical (unpaired) electrons. The molecule has 0 saturated carbocycles. The van der Waals surface area contributed by atoms with Gasteiger partial charge in [0.15, 0.2) is 0 Å². The summed E-state index contributed by atoms with van der Waals surface area (Å²) in [6, 6.07) is 8.21. The molecule has 1 aromatic carbocycles. The van der Waals surface area contributed by atoms with E-state index < -0.39 is 0 Å². The van der Waals surface area contributed by atoms with Gasteiger partial charge in [-0.3, -0.25) is 4.68 Å². The van der Waals surface area contributed by atoms with E-state index in [1.165, 1.54) is 5.56 Å². The third kappa shape index (κ3) is 2.82. The highest BCUT2D eigenvalue weighted by molar-refractivity contribution is 9.10. The molecular weight excluding hydrogens is 292 g/mol. The molecule has 3 nitrogen and oxygen atoms in total. The zero-order valence-electron chi connectivity index (χ0n) is 10.6. The predicted molar refractivity (Wildman–Crippen MR) is 75.5 cm³/mol. The van der Waals surface area contributed by atoms with Crippen LogP contribution in [0.1, 0.15) is 36.6 Å². The number of benzene rings is 1. The minimum atomic E-state index is 0.0495. The van der Waals surface area contributed by atoms with Crippen LogP contribution in [0.25, 0.3) is 0 Å². The first-order chi connectivity index (χ1) is 8.61. The molecule has 4 heteroatoms. The molecule has 0 aliphatic heterocycles. The molecule has 2 rings (SSSR count). The zero-order chi connectivity index (χ0) is 13.1. The van der Waals surface area contributed by atoms with E-state index in [0.29, 0.717) is 5.92 Å². The molecule has 1 heterocycles. The zero-order valence-corrected chi connectivity index (χ0v) is 12.2. The van der Waals surface area contributed by atoms with Crippen molar-refractivity contribution < 1.29 is 5.11 Å². The summed E-state index contributed by atoms with van der Waals surface area (Å²) in [7, 11) is 0. The third-order valence-electron chi connectivity index (χ3n) is 2.92. The Balaban J connectivity index is 2.28. The molecule has 0 aliphatic carbocycles. The first-order valence-corrected chi connectivity index (χ1v) is 6.81. The van der Waals surface area contributed by atoms with Crippen LogP contribution in [0.3, 0.4) is 0 Å². The Morgan fingerprint density at radius 3 is 2.50 bits per heavy atom. The maximum Gasteiger partial charge on any atom is 0.0715 e. The van der Waals surface area contributed by atoms with Gasteiger partial charge in [-0.1, -0.05) is 41.9 Å². The fourth-order valence-corrected chi connectivity index (χ4v) is 2.38. The molecule has 96 valence electrons. The quantitative estimate of drug-likeness (QED) is 0.941. The minimum Gasteiger partial charge on any atom is -0.392 e. The highest BCUT2D eigenvalue weighted by Gasteiger charge is 2.13. The van der Waals surface area contributed by atoms with E-state index in [-0.39, 0.29) is 6.61 Å². The van der Waals surface area contributed by atoms with Crippen LogP contribution >= 0.6 is 15.9 Å². The molecule has 1 N–H and O–H groups in total. The molecule has 1 aromatic heterocycles. The van der Waals surface area contributed by atoms with Crippen LogP contribution in [0.4, 0.5) is 0 Å². The van der Waals surface area contributed by atoms with E-state index in [0.717, 1.165) is 22.3 Å². The second-order valence-electron chi connectivity index (χ2n) is 4.65. The number of aromatic nitrogens is 2. The summed E-state index contributed by atoms with van der Waals surface area (Å²) >= 11 is 3.43. The summed E-state index contributed by atoms with van der Waals surface area (Å²) in [6.07, 6.45) is 1.76. The Morgan fingerprint density at radius 1 is 1.28 bits per heavy atom. The van der Waals surface area contributed by atoms with Crippen LogP contribution in [-0.4, -0.2) is 14.9 Å². The molecule has 18 heavy (non-hydrogen) atoms. The Kier molecular flexibility index (Phi) is 4.19. The SMILES string of the molecule is CC(C)c1c(CO)cnn1Cc1ccc(Br)cc1. The first kappa shape index (κ1) is 13.3. The molecular formula is C14H17BrN2O. The lowest BCUT2D eigenvalue weighted by Gasteiger charge is -2.12. The number of hydrogen-bond acceptors (Lipinski definition) is 2. The van der Waals surface area contributed by atoms with Gasteiger partial charge >= 0.3 is 0 Å². The van der Waals surface area contributed by atoms with Crippen molar-refractivity contribution in [3.63, 3.8) is 0 Å². The average Bonchev–Trinajstić information content (AvgIpc) is 2.75. The molecule has 0 unspecified atom stereocenters.